The van der Waals surface area contributed by atoms with Crippen molar-refractivity contribution in [2.45, 2.75) is 46.2 Å². The highest BCUT2D eigenvalue weighted by atomic mass is 16.5. The molecule has 1 aliphatic rings. The molecule has 176 valence electrons. The Morgan fingerprint density at radius 3 is 2.94 bits per heavy atom. The molecule has 0 fully saturated rings. The van der Waals surface area contributed by atoms with Crippen LogP contribution in [-0.2, 0) is 22.5 Å². The minimum atomic E-state index is -0.142. The van der Waals surface area contributed by atoms with Gasteiger partial charge in [-0.2, -0.15) is 10.1 Å². The number of esters is 1. The lowest BCUT2D eigenvalue weighted by Crippen LogP contribution is -2.32. The minimum Gasteiger partial charge on any atom is -0.466 e. The number of ether oxygens (including phenoxy) is 1. The topological polar surface area (TPSA) is 86.3 Å². The average Bonchev–Trinajstić information content (AvgIpc) is 3.49. The van der Waals surface area contributed by atoms with Crippen LogP contribution in [-0.4, -0.2) is 50.5 Å². The summed E-state index contributed by atoms with van der Waals surface area (Å²) in [5.74, 6) is 0.958. The fraction of sp³-hybridized carbons (Fsp3) is 0.385. The number of hydrogen-bond acceptors (Lipinski definition) is 7. The van der Waals surface area contributed by atoms with Gasteiger partial charge < -0.3 is 9.26 Å². The highest BCUT2D eigenvalue weighted by Gasteiger charge is 2.22. The zero-order chi connectivity index (χ0) is 23.7. The number of aromatic nitrogens is 4. The molecule has 0 bridgehead atoms. The Kier molecular flexibility index (Phi) is 6.15. The number of nitrogens with zero attached hydrogens (tertiary/aromatic N) is 5. The molecular formula is C26H29N5O3. The van der Waals surface area contributed by atoms with Gasteiger partial charge in [0.25, 0.3) is 5.89 Å². The molecule has 8 heteroatoms. The Bertz CT molecular complexity index is 1320. The number of carbonyl (C=O) groups excluding carboxylic acids is 1. The molecule has 2 aromatic carbocycles. The van der Waals surface area contributed by atoms with E-state index in [9.17, 15) is 4.79 Å². The number of rotatable bonds is 7. The van der Waals surface area contributed by atoms with E-state index >= 15 is 0 Å². The summed E-state index contributed by atoms with van der Waals surface area (Å²) < 4.78 is 12.7. The maximum atomic E-state index is 11.7. The van der Waals surface area contributed by atoms with E-state index in [0.29, 0.717) is 37.3 Å². The molecule has 0 unspecified atom stereocenters. The smallest absolute Gasteiger partial charge is 0.307 e. The molecule has 0 saturated heterocycles. The van der Waals surface area contributed by atoms with Crippen LogP contribution in [0.25, 0.3) is 33.7 Å². The third-order valence-electron chi connectivity index (χ3n) is 6.28. The van der Waals surface area contributed by atoms with Crippen LogP contribution in [0.5, 0.6) is 0 Å². The van der Waals surface area contributed by atoms with E-state index in [1.807, 2.05) is 36.0 Å². The van der Waals surface area contributed by atoms with Gasteiger partial charge in [-0.3, -0.25) is 14.4 Å². The van der Waals surface area contributed by atoms with E-state index in [-0.39, 0.29) is 5.97 Å². The lowest BCUT2D eigenvalue weighted by Gasteiger charge is -2.29. The third kappa shape index (κ3) is 4.33. The predicted octanol–water partition coefficient (Wildman–Crippen LogP) is 4.65. The van der Waals surface area contributed by atoms with Crippen LogP contribution in [0.1, 0.15) is 44.4 Å². The second-order valence-corrected chi connectivity index (χ2v) is 8.90. The summed E-state index contributed by atoms with van der Waals surface area (Å²) in [7, 11) is 0. The molecule has 0 radical (unpaired) electrons. The Hall–Kier alpha value is -3.52. The zero-order valence-corrected chi connectivity index (χ0v) is 19.8. The Morgan fingerprint density at radius 1 is 1.24 bits per heavy atom. The normalized spacial score (nSPS) is 14.0. The number of benzene rings is 2. The van der Waals surface area contributed by atoms with Crippen LogP contribution in [0.2, 0.25) is 0 Å². The Balaban J connectivity index is 1.36. The van der Waals surface area contributed by atoms with Crippen LogP contribution in [0.3, 0.4) is 0 Å². The van der Waals surface area contributed by atoms with E-state index in [1.165, 1.54) is 11.1 Å². The van der Waals surface area contributed by atoms with E-state index in [1.54, 1.807) is 0 Å². The van der Waals surface area contributed by atoms with Gasteiger partial charge in [0.2, 0.25) is 5.82 Å². The van der Waals surface area contributed by atoms with Crippen LogP contribution in [0, 0.1) is 0 Å². The van der Waals surface area contributed by atoms with E-state index in [2.05, 4.69) is 47.2 Å². The average molecular weight is 460 g/mol. The molecule has 5 rings (SSSR count). The fourth-order valence-electron chi connectivity index (χ4n) is 4.60. The van der Waals surface area contributed by atoms with Gasteiger partial charge in [0, 0.05) is 42.2 Å². The van der Waals surface area contributed by atoms with Crippen LogP contribution >= 0.6 is 0 Å². The van der Waals surface area contributed by atoms with Crippen LogP contribution < -0.4 is 0 Å². The van der Waals surface area contributed by atoms with Gasteiger partial charge >= 0.3 is 5.97 Å². The molecule has 8 nitrogen and oxygen atoms in total. The molecule has 3 heterocycles. The monoisotopic (exact) mass is 459 g/mol. The zero-order valence-electron chi connectivity index (χ0n) is 19.8. The summed E-state index contributed by atoms with van der Waals surface area (Å²) in [5.41, 5.74) is 5.45. The predicted molar refractivity (Wildman–Crippen MR) is 129 cm³/mol. The molecule has 0 spiro atoms. The van der Waals surface area contributed by atoms with E-state index in [4.69, 9.17) is 14.2 Å². The van der Waals surface area contributed by atoms with Gasteiger partial charge in [-0.15, -0.1) is 0 Å². The van der Waals surface area contributed by atoms with Crippen molar-refractivity contribution in [1.82, 2.24) is 24.8 Å². The second-order valence-electron chi connectivity index (χ2n) is 8.90. The van der Waals surface area contributed by atoms with Crippen molar-refractivity contribution >= 4 is 16.9 Å². The summed E-state index contributed by atoms with van der Waals surface area (Å²) in [6.45, 7) is 8.86. The molecule has 0 N–H and O–H groups in total. The molecular weight excluding hydrogens is 430 g/mol. The number of fused-ring (bicyclic) bond motifs is 2. The minimum absolute atomic E-state index is 0.142. The highest BCUT2D eigenvalue weighted by molar-refractivity contribution is 5.83. The maximum absolute atomic E-state index is 11.7. The summed E-state index contributed by atoms with van der Waals surface area (Å²) in [6, 6.07) is 12.6. The second kappa shape index (κ2) is 9.38. The van der Waals surface area contributed by atoms with Crippen molar-refractivity contribution in [3.63, 3.8) is 0 Å². The standard InChI is InChI=1S/C26H29N5O3/c1-4-33-24(32)11-13-30-12-10-21-19(16-30)6-5-7-22(21)25-28-26(34-29-25)18-8-9-23-20(14-18)15-27-31(23)17(2)3/h5-9,14-15,17H,4,10-13,16H2,1-3H3. The fourth-order valence-corrected chi connectivity index (χ4v) is 4.60. The maximum Gasteiger partial charge on any atom is 0.307 e. The first kappa shape index (κ1) is 22.3. The quantitative estimate of drug-likeness (QED) is 0.372. The molecule has 34 heavy (non-hydrogen) atoms. The van der Waals surface area contributed by atoms with Crippen molar-refractivity contribution in [1.29, 1.82) is 0 Å². The van der Waals surface area contributed by atoms with Gasteiger partial charge in [0.15, 0.2) is 0 Å². The first-order valence-corrected chi connectivity index (χ1v) is 11.8. The van der Waals surface area contributed by atoms with Crippen LogP contribution in [0.15, 0.2) is 47.1 Å². The van der Waals surface area contributed by atoms with Crippen molar-refractivity contribution in [3.05, 3.63) is 53.7 Å². The van der Waals surface area contributed by atoms with Crippen molar-refractivity contribution in [2.75, 3.05) is 19.7 Å². The van der Waals surface area contributed by atoms with E-state index in [0.717, 1.165) is 41.5 Å². The molecule has 1 aliphatic heterocycles. The van der Waals surface area contributed by atoms with Gasteiger partial charge in [-0.1, -0.05) is 23.4 Å². The summed E-state index contributed by atoms with van der Waals surface area (Å²) in [4.78, 5) is 18.7. The molecule has 2 aromatic heterocycles. The van der Waals surface area contributed by atoms with Crippen molar-refractivity contribution in [2.24, 2.45) is 0 Å². The van der Waals surface area contributed by atoms with Gasteiger partial charge in [0.05, 0.1) is 24.7 Å². The van der Waals surface area contributed by atoms with Gasteiger partial charge in [0.1, 0.15) is 0 Å². The Morgan fingerprint density at radius 2 is 2.12 bits per heavy atom. The number of carbonyl (C=O) groups is 1. The van der Waals surface area contributed by atoms with Crippen molar-refractivity contribution in [3.8, 4) is 22.8 Å². The SMILES string of the molecule is CCOC(=O)CCN1CCc2c(cccc2-c2noc(-c3ccc4c(cnn4C(C)C)c3)n2)C1. The Labute approximate surface area is 198 Å². The first-order valence-electron chi connectivity index (χ1n) is 11.8. The van der Waals surface area contributed by atoms with Crippen LogP contribution in [0.4, 0.5) is 0 Å². The molecule has 0 amide bonds. The molecule has 0 aliphatic carbocycles. The van der Waals surface area contributed by atoms with Gasteiger partial charge in [-0.05, 0) is 56.5 Å². The number of hydrogen-bond donors (Lipinski definition) is 0. The largest absolute Gasteiger partial charge is 0.466 e. The molecule has 0 saturated carbocycles. The van der Waals surface area contributed by atoms with E-state index < -0.39 is 0 Å². The van der Waals surface area contributed by atoms with Gasteiger partial charge in [-0.25, -0.2) is 0 Å². The molecule has 4 aromatic rings. The first-order chi connectivity index (χ1) is 16.5. The lowest BCUT2D eigenvalue weighted by molar-refractivity contribution is -0.143. The highest BCUT2D eigenvalue weighted by Crippen LogP contribution is 2.31. The summed E-state index contributed by atoms with van der Waals surface area (Å²) >= 11 is 0. The summed E-state index contributed by atoms with van der Waals surface area (Å²) in [5, 5.41) is 9.84. The third-order valence-corrected chi connectivity index (χ3v) is 6.28. The van der Waals surface area contributed by atoms with Crippen molar-refractivity contribution < 1.29 is 14.1 Å². The molecule has 0 atom stereocenters. The summed E-state index contributed by atoms with van der Waals surface area (Å²) in [6.07, 6.45) is 3.16. The lowest BCUT2D eigenvalue weighted by atomic mass is 9.94.